The van der Waals surface area contributed by atoms with Crippen molar-refractivity contribution in [3.63, 3.8) is 0 Å². The van der Waals surface area contributed by atoms with Gasteiger partial charge in [0.2, 0.25) is 0 Å². The van der Waals surface area contributed by atoms with Crippen LogP contribution in [0, 0.1) is 5.92 Å². The number of rotatable bonds is 3. The molecular formula is C15H27NO. The number of aliphatic hydroxyl groups excluding tert-OH is 1. The summed E-state index contributed by atoms with van der Waals surface area (Å²) in [7, 11) is 0. The second-order valence-electron chi connectivity index (χ2n) is 6.49. The van der Waals surface area contributed by atoms with Gasteiger partial charge in [0.05, 0.1) is 6.10 Å². The topological polar surface area (TPSA) is 23.5 Å². The van der Waals surface area contributed by atoms with Gasteiger partial charge in [-0.1, -0.05) is 25.7 Å². The molecular weight excluding hydrogens is 210 g/mol. The van der Waals surface area contributed by atoms with E-state index in [2.05, 4.69) is 4.90 Å². The monoisotopic (exact) mass is 237 g/mol. The number of aliphatic hydroxyl groups is 1. The van der Waals surface area contributed by atoms with Crippen LogP contribution < -0.4 is 0 Å². The zero-order valence-corrected chi connectivity index (χ0v) is 11.0. The highest BCUT2D eigenvalue weighted by Crippen LogP contribution is 2.45. The lowest BCUT2D eigenvalue weighted by atomic mass is 9.80. The molecule has 0 aromatic heterocycles. The van der Waals surface area contributed by atoms with Crippen molar-refractivity contribution in [1.29, 1.82) is 0 Å². The summed E-state index contributed by atoms with van der Waals surface area (Å²) in [4.78, 5) is 2.66. The molecule has 0 aromatic carbocycles. The molecule has 1 aliphatic heterocycles. The van der Waals surface area contributed by atoms with Crippen molar-refractivity contribution in [2.75, 3.05) is 13.1 Å². The van der Waals surface area contributed by atoms with E-state index < -0.39 is 0 Å². The Kier molecular flexibility index (Phi) is 3.45. The second-order valence-corrected chi connectivity index (χ2v) is 6.49. The Morgan fingerprint density at radius 2 is 1.47 bits per heavy atom. The highest BCUT2D eigenvalue weighted by atomic mass is 16.3. The lowest BCUT2D eigenvalue weighted by molar-refractivity contribution is -0.0488. The summed E-state index contributed by atoms with van der Waals surface area (Å²) in [6, 6.07) is 0. The number of likely N-dealkylation sites (tertiary alicyclic amines) is 1. The first-order valence-electron chi connectivity index (χ1n) is 7.76. The van der Waals surface area contributed by atoms with Crippen LogP contribution in [-0.2, 0) is 0 Å². The standard InChI is InChI=1S/C15H27NO/c17-14(13-7-1-2-8-13)15(9-3-4-10-15)16-11-5-6-12-16/h13-14,17H,1-12H2. The van der Waals surface area contributed by atoms with Gasteiger partial charge >= 0.3 is 0 Å². The number of hydrogen-bond acceptors (Lipinski definition) is 2. The van der Waals surface area contributed by atoms with Gasteiger partial charge in [0.15, 0.2) is 0 Å². The minimum atomic E-state index is -0.0365. The normalized spacial score (nSPS) is 32.3. The minimum absolute atomic E-state index is 0.0365. The maximum absolute atomic E-state index is 10.9. The molecule has 0 spiro atoms. The Hall–Kier alpha value is -0.0800. The summed E-state index contributed by atoms with van der Waals surface area (Å²) >= 11 is 0. The minimum Gasteiger partial charge on any atom is -0.391 e. The van der Waals surface area contributed by atoms with Gasteiger partial charge in [-0.2, -0.15) is 0 Å². The van der Waals surface area contributed by atoms with Crippen LogP contribution in [0.5, 0.6) is 0 Å². The average Bonchev–Trinajstić information content (AvgIpc) is 3.10. The van der Waals surface area contributed by atoms with Crippen LogP contribution in [0.25, 0.3) is 0 Å². The van der Waals surface area contributed by atoms with E-state index in [0.29, 0.717) is 5.92 Å². The summed E-state index contributed by atoms with van der Waals surface area (Å²) in [6.45, 7) is 2.48. The first kappa shape index (κ1) is 12.0. The van der Waals surface area contributed by atoms with Crippen LogP contribution in [0.15, 0.2) is 0 Å². The van der Waals surface area contributed by atoms with Gasteiger partial charge in [-0.25, -0.2) is 0 Å². The molecule has 2 saturated carbocycles. The van der Waals surface area contributed by atoms with E-state index in [-0.39, 0.29) is 11.6 Å². The molecule has 0 amide bonds. The van der Waals surface area contributed by atoms with Crippen molar-refractivity contribution in [2.24, 2.45) is 5.92 Å². The Morgan fingerprint density at radius 1 is 0.882 bits per heavy atom. The van der Waals surface area contributed by atoms with E-state index in [1.807, 2.05) is 0 Å². The molecule has 1 heterocycles. The van der Waals surface area contributed by atoms with Gasteiger partial charge in [-0.15, -0.1) is 0 Å². The molecule has 2 heteroatoms. The fourth-order valence-corrected chi connectivity index (χ4v) is 4.66. The number of nitrogens with zero attached hydrogens (tertiary/aromatic N) is 1. The molecule has 17 heavy (non-hydrogen) atoms. The quantitative estimate of drug-likeness (QED) is 0.816. The molecule has 3 rings (SSSR count). The molecule has 0 radical (unpaired) electrons. The van der Waals surface area contributed by atoms with Crippen molar-refractivity contribution < 1.29 is 5.11 Å². The smallest absolute Gasteiger partial charge is 0.0751 e. The summed E-state index contributed by atoms with van der Waals surface area (Å²) in [5.41, 5.74) is 0.186. The lowest BCUT2D eigenvalue weighted by Gasteiger charge is -2.45. The second kappa shape index (κ2) is 4.89. The average molecular weight is 237 g/mol. The van der Waals surface area contributed by atoms with Crippen LogP contribution in [0.3, 0.4) is 0 Å². The summed E-state index contributed by atoms with van der Waals surface area (Å²) in [5.74, 6) is 0.605. The van der Waals surface area contributed by atoms with Gasteiger partial charge in [0.1, 0.15) is 0 Å². The third-order valence-electron chi connectivity index (χ3n) is 5.60. The zero-order chi connectivity index (χ0) is 11.7. The molecule has 1 atom stereocenters. The van der Waals surface area contributed by atoms with Crippen LogP contribution in [0.2, 0.25) is 0 Å². The highest BCUT2D eigenvalue weighted by molar-refractivity contribution is 5.04. The molecule has 98 valence electrons. The largest absolute Gasteiger partial charge is 0.391 e. The van der Waals surface area contributed by atoms with Gasteiger partial charge in [-0.3, -0.25) is 4.90 Å². The maximum Gasteiger partial charge on any atom is 0.0751 e. The van der Waals surface area contributed by atoms with E-state index >= 15 is 0 Å². The van der Waals surface area contributed by atoms with Gasteiger partial charge in [0.25, 0.3) is 0 Å². The van der Waals surface area contributed by atoms with Crippen molar-refractivity contribution in [3.8, 4) is 0 Å². The Morgan fingerprint density at radius 3 is 2.06 bits per heavy atom. The van der Waals surface area contributed by atoms with Crippen molar-refractivity contribution in [1.82, 2.24) is 4.90 Å². The van der Waals surface area contributed by atoms with E-state index in [4.69, 9.17) is 0 Å². The maximum atomic E-state index is 10.9. The molecule has 1 N–H and O–H groups in total. The van der Waals surface area contributed by atoms with Gasteiger partial charge in [-0.05, 0) is 57.5 Å². The number of hydrogen-bond donors (Lipinski definition) is 1. The third-order valence-corrected chi connectivity index (χ3v) is 5.60. The van der Waals surface area contributed by atoms with Crippen molar-refractivity contribution >= 4 is 0 Å². The predicted molar refractivity (Wildman–Crippen MR) is 70.0 cm³/mol. The Bertz CT molecular complexity index is 248. The van der Waals surface area contributed by atoms with E-state index in [1.54, 1.807) is 0 Å². The molecule has 1 unspecified atom stereocenters. The van der Waals surface area contributed by atoms with Crippen LogP contribution in [-0.4, -0.2) is 34.7 Å². The lowest BCUT2D eigenvalue weighted by Crippen LogP contribution is -2.56. The molecule has 0 aromatic rings. The zero-order valence-electron chi connectivity index (χ0n) is 11.0. The first-order chi connectivity index (χ1) is 8.33. The summed E-state index contributed by atoms with van der Waals surface area (Å²) in [6.07, 6.45) is 13.1. The SMILES string of the molecule is OC(C1CCCC1)C1(N2CCCC2)CCCC1. The van der Waals surface area contributed by atoms with Crippen molar-refractivity contribution in [3.05, 3.63) is 0 Å². The van der Waals surface area contributed by atoms with Crippen LogP contribution >= 0.6 is 0 Å². The molecule has 2 aliphatic carbocycles. The van der Waals surface area contributed by atoms with Crippen molar-refractivity contribution in [2.45, 2.75) is 75.9 Å². The summed E-state index contributed by atoms with van der Waals surface area (Å²) < 4.78 is 0. The molecule has 1 saturated heterocycles. The molecule has 0 bridgehead atoms. The predicted octanol–water partition coefficient (Wildman–Crippen LogP) is 2.95. The van der Waals surface area contributed by atoms with Gasteiger partial charge in [0, 0.05) is 5.54 Å². The van der Waals surface area contributed by atoms with Crippen LogP contribution in [0.1, 0.15) is 64.2 Å². The Balaban J connectivity index is 1.77. The fraction of sp³-hybridized carbons (Fsp3) is 1.00. The molecule has 2 nitrogen and oxygen atoms in total. The Labute approximate surface area is 105 Å². The first-order valence-corrected chi connectivity index (χ1v) is 7.76. The molecule has 3 aliphatic rings. The van der Waals surface area contributed by atoms with E-state index in [9.17, 15) is 5.11 Å². The highest BCUT2D eigenvalue weighted by Gasteiger charge is 2.48. The molecule has 3 fully saturated rings. The fourth-order valence-electron chi connectivity index (χ4n) is 4.66. The summed E-state index contributed by atoms with van der Waals surface area (Å²) in [5, 5.41) is 10.9. The van der Waals surface area contributed by atoms with E-state index in [0.717, 1.165) is 0 Å². The van der Waals surface area contributed by atoms with Gasteiger partial charge < -0.3 is 5.11 Å². The third kappa shape index (κ3) is 2.04. The van der Waals surface area contributed by atoms with E-state index in [1.165, 1.54) is 77.3 Å². The van der Waals surface area contributed by atoms with Crippen LogP contribution in [0.4, 0.5) is 0 Å².